The lowest BCUT2D eigenvalue weighted by molar-refractivity contribution is -0.00835. The van der Waals surface area contributed by atoms with E-state index in [4.69, 9.17) is 14.2 Å². The summed E-state index contributed by atoms with van der Waals surface area (Å²) < 4.78 is 16.4. The highest BCUT2D eigenvalue weighted by atomic mass is 127. The Morgan fingerprint density at radius 2 is 2.12 bits per heavy atom. The van der Waals surface area contributed by atoms with E-state index in [-0.39, 0.29) is 30.1 Å². The quantitative estimate of drug-likeness (QED) is 0.270. The number of ether oxygens (including phenoxy) is 3. The summed E-state index contributed by atoms with van der Waals surface area (Å²) >= 11 is 0. The summed E-state index contributed by atoms with van der Waals surface area (Å²) in [6.45, 7) is 7.36. The molecule has 2 rings (SSSR count). The van der Waals surface area contributed by atoms with Crippen LogP contribution in [0.1, 0.15) is 23.7 Å². The molecule has 0 aliphatic carbocycles. The van der Waals surface area contributed by atoms with Crippen molar-refractivity contribution in [3.05, 3.63) is 35.4 Å². The molecule has 6 nitrogen and oxygen atoms in total. The molecule has 1 atom stereocenters. The van der Waals surface area contributed by atoms with E-state index < -0.39 is 0 Å². The van der Waals surface area contributed by atoms with Gasteiger partial charge >= 0.3 is 0 Å². The maximum absolute atomic E-state index is 5.99. The highest BCUT2D eigenvalue weighted by Gasteiger charge is 2.24. The maximum atomic E-state index is 5.99. The number of nitrogens with zero attached hydrogens (tertiary/aromatic N) is 2. The topological polar surface area (TPSA) is 55.3 Å². The first-order chi connectivity index (χ1) is 12.3. The number of rotatable bonds is 8. The van der Waals surface area contributed by atoms with Crippen molar-refractivity contribution < 1.29 is 14.2 Å². The Morgan fingerprint density at radius 1 is 1.31 bits per heavy atom. The molecule has 1 aliphatic heterocycles. The second-order valence-corrected chi connectivity index (χ2v) is 6.09. The zero-order valence-electron chi connectivity index (χ0n) is 16.1. The summed E-state index contributed by atoms with van der Waals surface area (Å²) in [6.07, 6.45) is 1.03. The number of methoxy groups -OCH3 is 1. The fourth-order valence-electron chi connectivity index (χ4n) is 2.93. The van der Waals surface area contributed by atoms with Crippen LogP contribution in [0, 0.1) is 6.92 Å². The molecule has 0 aromatic heterocycles. The Kier molecular flexibility index (Phi) is 11.8. The smallest absolute Gasteiger partial charge is 0.193 e. The van der Waals surface area contributed by atoms with E-state index in [1.165, 1.54) is 11.1 Å². The predicted octanol–water partition coefficient (Wildman–Crippen LogP) is 2.61. The number of hydrogen-bond donors (Lipinski definition) is 1. The lowest BCUT2D eigenvalue weighted by Gasteiger charge is -2.35. The van der Waals surface area contributed by atoms with E-state index in [1.807, 2.05) is 7.05 Å². The van der Waals surface area contributed by atoms with E-state index in [0.717, 1.165) is 38.6 Å². The van der Waals surface area contributed by atoms with E-state index >= 15 is 0 Å². The zero-order chi connectivity index (χ0) is 17.9. The molecule has 1 saturated heterocycles. The van der Waals surface area contributed by atoms with Crippen molar-refractivity contribution in [3.63, 3.8) is 0 Å². The van der Waals surface area contributed by atoms with Crippen LogP contribution in [0.3, 0.4) is 0 Å². The highest BCUT2D eigenvalue weighted by molar-refractivity contribution is 14.0. The molecule has 1 aliphatic rings. The molecule has 1 aromatic carbocycles. The van der Waals surface area contributed by atoms with Gasteiger partial charge in [-0.3, -0.25) is 4.99 Å². The number of benzene rings is 1. The summed E-state index contributed by atoms with van der Waals surface area (Å²) in [6, 6.07) is 8.42. The van der Waals surface area contributed by atoms with Gasteiger partial charge in [0.25, 0.3) is 0 Å². The van der Waals surface area contributed by atoms with Crippen molar-refractivity contribution >= 4 is 29.9 Å². The molecule has 1 fully saturated rings. The molecule has 0 spiro atoms. The highest BCUT2D eigenvalue weighted by Crippen LogP contribution is 2.24. The molecule has 26 heavy (non-hydrogen) atoms. The average molecular weight is 477 g/mol. The summed E-state index contributed by atoms with van der Waals surface area (Å²) in [5.74, 6) is 0.929. The maximum Gasteiger partial charge on any atom is 0.193 e. The first-order valence-corrected chi connectivity index (χ1v) is 8.95. The Bertz CT molecular complexity index is 543. The van der Waals surface area contributed by atoms with E-state index in [9.17, 15) is 0 Å². The Balaban J connectivity index is 0.00000338. The van der Waals surface area contributed by atoms with Gasteiger partial charge in [0, 0.05) is 33.9 Å². The van der Waals surface area contributed by atoms with Crippen molar-refractivity contribution in [2.45, 2.75) is 19.4 Å². The first kappa shape index (κ1) is 23.1. The van der Waals surface area contributed by atoms with Crippen LogP contribution >= 0.6 is 24.0 Å². The largest absolute Gasteiger partial charge is 0.382 e. The summed E-state index contributed by atoms with van der Waals surface area (Å²) in [5, 5.41) is 3.43. The number of halogens is 1. The minimum atomic E-state index is 0. The van der Waals surface area contributed by atoms with Crippen LogP contribution < -0.4 is 5.32 Å². The summed E-state index contributed by atoms with van der Waals surface area (Å²) in [5.41, 5.74) is 2.53. The zero-order valence-corrected chi connectivity index (χ0v) is 18.4. The third-order valence-electron chi connectivity index (χ3n) is 4.29. The second kappa shape index (κ2) is 13.3. The SMILES string of the molecule is CN=C(NCCCOCCOC)N1CCOC(c2ccccc2C)C1.I. The first-order valence-electron chi connectivity index (χ1n) is 8.95. The number of hydrogen-bond acceptors (Lipinski definition) is 4. The molecule has 1 N–H and O–H groups in total. The van der Waals surface area contributed by atoms with Gasteiger partial charge in [-0.2, -0.15) is 0 Å². The van der Waals surface area contributed by atoms with Crippen LogP contribution in [0.25, 0.3) is 0 Å². The van der Waals surface area contributed by atoms with Crippen molar-refractivity contribution in [3.8, 4) is 0 Å². The number of morpholine rings is 1. The number of aliphatic imine (C=N–C) groups is 1. The summed E-state index contributed by atoms with van der Waals surface area (Å²) in [4.78, 5) is 6.69. The molecule has 0 saturated carbocycles. The predicted molar refractivity (Wildman–Crippen MR) is 116 cm³/mol. The molecule has 7 heteroatoms. The van der Waals surface area contributed by atoms with E-state index in [1.54, 1.807) is 7.11 Å². The molecular weight excluding hydrogens is 445 g/mol. The Hall–Kier alpha value is -0.900. The van der Waals surface area contributed by atoms with Crippen LogP contribution in [0.5, 0.6) is 0 Å². The van der Waals surface area contributed by atoms with Crippen molar-refractivity contribution in [2.24, 2.45) is 4.99 Å². The molecule has 0 radical (unpaired) electrons. The van der Waals surface area contributed by atoms with Crippen LogP contribution in [-0.2, 0) is 14.2 Å². The standard InChI is InChI=1S/C19H31N3O3.HI/c1-16-7-4-5-8-17(16)18-15-22(10-12-25-18)19(20-2)21-9-6-11-24-14-13-23-3;/h4-5,7-8,18H,6,9-15H2,1-3H3,(H,20,21);1H. The van der Waals surface area contributed by atoms with Gasteiger partial charge in [0.2, 0.25) is 0 Å². The van der Waals surface area contributed by atoms with Crippen LogP contribution in [-0.4, -0.2) is 71.1 Å². The third-order valence-corrected chi connectivity index (χ3v) is 4.29. The second-order valence-electron chi connectivity index (χ2n) is 6.09. The fourth-order valence-corrected chi connectivity index (χ4v) is 2.93. The van der Waals surface area contributed by atoms with Crippen LogP contribution in [0.2, 0.25) is 0 Å². The molecule has 1 heterocycles. The molecule has 0 amide bonds. The number of guanidine groups is 1. The average Bonchev–Trinajstić information content (AvgIpc) is 2.64. The van der Waals surface area contributed by atoms with Crippen LogP contribution in [0.15, 0.2) is 29.3 Å². The van der Waals surface area contributed by atoms with Crippen molar-refractivity contribution in [2.75, 3.05) is 60.2 Å². The van der Waals surface area contributed by atoms with Crippen molar-refractivity contribution in [1.29, 1.82) is 0 Å². The Labute approximate surface area is 174 Å². The van der Waals surface area contributed by atoms with Gasteiger partial charge in [-0.1, -0.05) is 24.3 Å². The van der Waals surface area contributed by atoms with Gasteiger partial charge in [-0.05, 0) is 24.5 Å². The molecular formula is C19H32IN3O3. The van der Waals surface area contributed by atoms with Gasteiger partial charge in [-0.15, -0.1) is 24.0 Å². The van der Waals surface area contributed by atoms with Gasteiger partial charge in [0.05, 0.1) is 26.4 Å². The van der Waals surface area contributed by atoms with E-state index in [2.05, 4.69) is 46.4 Å². The monoisotopic (exact) mass is 477 g/mol. The Morgan fingerprint density at radius 3 is 2.85 bits per heavy atom. The fraction of sp³-hybridized carbons (Fsp3) is 0.632. The minimum absolute atomic E-state index is 0. The van der Waals surface area contributed by atoms with Gasteiger partial charge in [0.15, 0.2) is 5.96 Å². The van der Waals surface area contributed by atoms with E-state index in [0.29, 0.717) is 19.8 Å². The van der Waals surface area contributed by atoms with Gasteiger partial charge < -0.3 is 24.4 Å². The summed E-state index contributed by atoms with van der Waals surface area (Å²) in [7, 11) is 3.51. The lowest BCUT2D eigenvalue weighted by atomic mass is 10.0. The third kappa shape index (κ3) is 7.38. The van der Waals surface area contributed by atoms with Crippen LogP contribution in [0.4, 0.5) is 0 Å². The lowest BCUT2D eigenvalue weighted by Crippen LogP contribution is -2.48. The molecule has 1 aromatic rings. The van der Waals surface area contributed by atoms with Gasteiger partial charge in [0.1, 0.15) is 6.10 Å². The van der Waals surface area contributed by atoms with Crippen molar-refractivity contribution in [1.82, 2.24) is 10.2 Å². The number of nitrogens with one attached hydrogen (secondary N) is 1. The number of aryl methyl sites for hydroxylation is 1. The molecule has 0 bridgehead atoms. The minimum Gasteiger partial charge on any atom is -0.382 e. The molecule has 1 unspecified atom stereocenters. The van der Waals surface area contributed by atoms with Gasteiger partial charge in [-0.25, -0.2) is 0 Å². The normalized spacial score (nSPS) is 17.7. The molecule has 148 valence electrons.